The molecule has 2 N–H and O–H groups in total. The molecular formula is C16H21Cl2N3O2. The number of aliphatic hydroxyl groups is 1. The van der Waals surface area contributed by atoms with Crippen molar-refractivity contribution in [2.75, 3.05) is 26.2 Å². The van der Waals surface area contributed by atoms with E-state index >= 15 is 0 Å². The molecule has 0 unspecified atom stereocenters. The molecule has 2 heterocycles. The Bertz CT molecular complexity index is 578. The standard InChI is InChI=1S/C16H21Cl2N3O2/c17-12-5-3-4-11(15(12)18)8-19-16(23)21-9-13(14(22)10-21)20-6-1-2-7-20/h3-5,13-14,22H,1-2,6-10H2,(H,19,23)/t13-,14-/m0/s1. The Balaban J connectivity index is 1.55. The molecule has 2 fully saturated rings. The average molecular weight is 358 g/mol. The van der Waals surface area contributed by atoms with Crippen LogP contribution in [0.15, 0.2) is 18.2 Å². The van der Waals surface area contributed by atoms with Gasteiger partial charge in [0.25, 0.3) is 0 Å². The third kappa shape index (κ3) is 3.74. The fourth-order valence-corrected chi connectivity index (χ4v) is 3.72. The number of hydrogen-bond donors (Lipinski definition) is 2. The van der Waals surface area contributed by atoms with Crippen molar-refractivity contribution in [3.8, 4) is 0 Å². The van der Waals surface area contributed by atoms with Crippen LogP contribution in [0.5, 0.6) is 0 Å². The highest BCUT2D eigenvalue weighted by molar-refractivity contribution is 6.42. The van der Waals surface area contributed by atoms with Crippen molar-refractivity contribution < 1.29 is 9.90 Å². The molecule has 1 aromatic carbocycles. The monoisotopic (exact) mass is 357 g/mol. The Morgan fingerprint density at radius 3 is 2.74 bits per heavy atom. The number of nitrogens with one attached hydrogen (secondary N) is 1. The summed E-state index contributed by atoms with van der Waals surface area (Å²) in [6, 6.07) is 5.23. The first kappa shape index (κ1) is 16.8. The molecule has 126 valence electrons. The van der Waals surface area contributed by atoms with E-state index in [0.29, 0.717) is 29.7 Å². The van der Waals surface area contributed by atoms with Gasteiger partial charge in [0, 0.05) is 19.6 Å². The number of likely N-dealkylation sites (tertiary alicyclic amines) is 2. The number of β-amino-alcohol motifs (C(OH)–C–C–N with tert-alkyl or cyclic N) is 1. The molecule has 0 aliphatic carbocycles. The van der Waals surface area contributed by atoms with E-state index in [1.807, 2.05) is 6.07 Å². The predicted molar refractivity (Wildman–Crippen MR) is 90.9 cm³/mol. The summed E-state index contributed by atoms with van der Waals surface area (Å²) in [7, 11) is 0. The summed E-state index contributed by atoms with van der Waals surface area (Å²) in [5, 5.41) is 14.0. The molecule has 0 aromatic heterocycles. The first-order valence-corrected chi connectivity index (χ1v) is 8.69. The van der Waals surface area contributed by atoms with Gasteiger partial charge in [-0.15, -0.1) is 0 Å². The van der Waals surface area contributed by atoms with Gasteiger partial charge in [0.15, 0.2) is 0 Å². The van der Waals surface area contributed by atoms with Crippen LogP contribution in [0.4, 0.5) is 4.79 Å². The van der Waals surface area contributed by atoms with Gasteiger partial charge in [-0.1, -0.05) is 35.3 Å². The molecule has 2 amide bonds. The van der Waals surface area contributed by atoms with Gasteiger partial charge in [-0.3, -0.25) is 4.90 Å². The van der Waals surface area contributed by atoms with Crippen LogP contribution in [0, 0.1) is 0 Å². The lowest BCUT2D eigenvalue weighted by molar-refractivity contribution is 0.0980. The minimum atomic E-state index is -0.478. The van der Waals surface area contributed by atoms with Crippen molar-refractivity contribution in [2.24, 2.45) is 0 Å². The topological polar surface area (TPSA) is 55.8 Å². The average Bonchev–Trinajstić information content (AvgIpc) is 3.17. The van der Waals surface area contributed by atoms with Crippen LogP contribution in [0.3, 0.4) is 0 Å². The Kier molecular flexibility index (Phi) is 5.31. The maximum Gasteiger partial charge on any atom is 0.317 e. The molecule has 3 rings (SSSR count). The van der Waals surface area contributed by atoms with E-state index in [9.17, 15) is 9.90 Å². The molecule has 2 atom stereocenters. The lowest BCUT2D eigenvalue weighted by atomic mass is 10.2. The van der Waals surface area contributed by atoms with Crippen molar-refractivity contribution in [1.29, 1.82) is 0 Å². The number of halogens is 2. The molecule has 0 bridgehead atoms. The van der Waals surface area contributed by atoms with Gasteiger partial charge in [-0.25, -0.2) is 4.79 Å². The van der Waals surface area contributed by atoms with Crippen LogP contribution >= 0.6 is 23.2 Å². The maximum absolute atomic E-state index is 12.3. The number of amides is 2. The van der Waals surface area contributed by atoms with Crippen molar-refractivity contribution in [1.82, 2.24) is 15.1 Å². The molecular weight excluding hydrogens is 337 g/mol. The SMILES string of the molecule is O=C(NCc1cccc(Cl)c1Cl)N1C[C@H](O)[C@@H](N2CCCC2)C1. The fourth-order valence-electron chi connectivity index (χ4n) is 3.33. The van der Waals surface area contributed by atoms with Crippen molar-refractivity contribution in [3.63, 3.8) is 0 Å². The molecule has 1 aromatic rings. The second-order valence-electron chi connectivity index (χ2n) is 6.15. The van der Waals surface area contributed by atoms with Crippen LogP contribution in [-0.4, -0.2) is 59.3 Å². The van der Waals surface area contributed by atoms with Gasteiger partial charge < -0.3 is 15.3 Å². The van der Waals surface area contributed by atoms with E-state index in [0.717, 1.165) is 18.7 Å². The molecule has 2 aliphatic heterocycles. The Morgan fingerprint density at radius 2 is 2.00 bits per heavy atom. The van der Waals surface area contributed by atoms with E-state index < -0.39 is 6.10 Å². The minimum absolute atomic E-state index is 0.0537. The van der Waals surface area contributed by atoms with Crippen LogP contribution < -0.4 is 5.32 Å². The van der Waals surface area contributed by atoms with Gasteiger partial charge in [0.05, 0.1) is 22.2 Å². The van der Waals surface area contributed by atoms with Gasteiger partial charge in [0.2, 0.25) is 0 Å². The van der Waals surface area contributed by atoms with Crippen LogP contribution in [0.2, 0.25) is 10.0 Å². The molecule has 2 saturated heterocycles. The molecule has 7 heteroatoms. The zero-order valence-electron chi connectivity index (χ0n) is 12.8. The van der Waals surface area contributed by atoms with E-state index in [1.54, 1.807) is 17.0 Å². The fraction of sp³-hybridized carbons (Fsp3) is 0.562. The van der Waals surface area contributed by atoms with E-state index in [-0.39, 0.29) is 12.1 Å². The number of hydrogen-bond acceptors (Lipinski definition) is 3. The smallest absolute Gasteiger partial charge is 0.317 e. The van der Waals surface area contributed by atoms with Crippen LogP contribution in [-0.2, 0) is 6.54 Å². The largest absolute Gasteiger partial charge is 0.390 e. The normalized spacial score (nSPS) is 25.1. The van der Waals surface area contributed by atoms with Gasteiger partial charge >= 0.3 is 6.03 Å². The second kappa shape index (κ2) is 7.26. The third-order valence-corrected chi connectivity index (χ3v) is 5.48. The predicted octanol–water partition coefficient (Wildman–Crippen LogP) is 2.34. The zero-order valence-corrected chi connectivity index (χ0v) is 14.4. The van der Waals surface area contributed by atoms with E-state index in [2.05, 4.69) is 10.2 Å². The highest BCUT2D eigenvalue weighted by Gasteiger charge is 2.38. The highest BCUT2D eigenvalue weighted by Crippen LogP contribution is 2.25. The van der Waals surface area contributed by atoms with Crippen LogP contribution in [0.1, 0.15) is 18.4 Å². The second-order valence-corrected chi connectivity index (χ2v) is 6.94. The van der Waals surface area contributed by atoms with Crippen molar-refractivity contribution in [3.05, 3.63) is 33.8 Å². The lowest BCUT2D eigenvalue weighted by Gasteiger charge is -2.25. The van der Waals surface area contributed by atoms with E-state index in [4.69, 9.17) is 23.2 Å². The summed E-state index contributed by atoms with van der Waals surface area (Å²) in [5.41, 5.74) is 0.781. The maximum atomic E-state index is 12.3. The summed E-state index contributed by atoms with van der Waals surface area (Å²) < 4.78 is 0. The number of carbonyl (C=O) groups is 1. The summed E-state index contributed by atoms with van der Waals surface area (Å²) >= 11 is 12.1. The Labute approximate surface area is 146 Å². The number of urea groups is 1. The molecule has 0 radical (unpaired) electrons. The number of benzene rings is 1. The zero-order chi connectivity index (χ0) is 16.4. The molecule has 5 nitrogen and oxygen atoms in total. The Hall–Kier alpha value is -1.01. The summed E-state index contributed by atoms with van der Waals surface area (Å²) in [5.74, 6) is 0. The number of aliphatic hydroxyl groups excluding tert-OH is 1. The lowest BCUT2D eigenvalue weighted by Crippen LogP contribution is -2.42. The van der Waals surface area contributed by atoms with Gasteiger partial charge in [0.1, 0.15) is 0 Å². The van der Waals surface area contributed by atoms with Gasteiger partial charge in [-0.05, 0) is 37.6 Å². The van der Waals surface area contributed by atoms with Crippen LogP contribution in [0.25, 0.3) is 0 Å². The van der Waals surface area contributed by atoms with Crippen molar-refractivity contribution >= 4 is 29.2 Å². The quantitative estimate of drug-likeness (QED) is 0.872. The summed E-state index contributed by atoms with van der Waals surface area (Å²) in [4.78, 5) is 16.3. The third-order valence-electron chi connectivity index (χ3n) is 4.62. The van der Waals surface area contributed by atoms with Gasteiger partial charge in [-0.2, -0.15) is 0 Å². The first-order chi connectivity index (χ1) is 11.1. The van der Waals surface area contributed by atoms with Crippen molar-refractivity contribution in [2.45, 2.75) is 31.5 Å². The molecule has 0 spiro atoms. The number of rotatable bonds is 3. The molecule has 0 saturated carbocycles. The molecule has 2 aliphatic rings. The number of carbonyl (C=O) groups excluding carboxylic acids is 1. The van der Waals surface area contributed by atoms with E-state index in [1.165, 1.54) is 12.8 Å². The highest BCUT2D eigenvalue weighted by atomic mass is 35.5. The Morgan fingerprint density at radius 1 is 1.26 bits per heavy atom. The summed E-state index contributed by atoms with van der Waals surface area (Å²) in [6.45, 7) is 3.27. The number of nitrogens with zero attached hydrogens (tertiary/aromatic N) is 2. The molecule has 23 heavy (non-hydrogen) atoms. The minimum Gasteiger partial charge on any atom is -0.390 e. The first-order valence-electron chi connectivity index (χ1n) is 7.94. The summed E-state index contributed by atoms with van der Waals surface area (Å²) in [6.07, 6.45) is 1.86.